The highest BCUT2D eigenvalue weighted by Gasteiger charge is 2.43. The van der Waals surface area contributed by atoms with E-state index < -0.39 is 0 Å². The summed E-state index contributed by atoms with van der Waals surface area (Å²) in [6.45, 7) is 3.03. The number of amides is 1. The van der Waals surface area contributed by atoms with E-state index in [0.29, 0.717) is 24.9 Å². The van der Waals surface area contributed by atoms with Crippen LogP contribution >= 0.6 is 0 Å². The second-order valence-corrected chi connectivity index (χ2v) is 6.59. The molecule has 4 rings (SSSR count). The first kappa shape index (κ1) is 15.8. The van der Waals surface area contributed by atoms with Crippen molar-refractivity contribution in [1.29, 1.82) is 0 Å². The third-order valence-corrected chi connectivity index (χ3v) is 5.12. The molecule has 7 nitrogen and oxygen atoms in total. The zero-order valence-electron chi connectivity index (χ0n) is 14.2. The smallest absolute Gasteiger partial charge is 0.228 e. The third-order valence-electron chi connectivity index (χ3n) is 5.12. The zero-order valence-corrected chi connectivity index (χ0v) is 14.2. The van der Waals surface area contributed by atoms with E-state index in [1.807, 2.05) is 23.1 Å². The van der Waals surface area contributed by atoms with Crippen molar-refractivity contribution in [1.82, 2.24) is 19.9 Å². The lowest BCUT2D eigenvalue weighted by molar-refractivity contribution is -0.140. The Morgan fingerprint density at radius 2 is 2.08 bits per heavy atom. The predicted molar refractivity (Wildman–Crippen MR) is 92.0 cm³/mol. The van der Waals surface area contributed by atoms with Gasteiger partial charge in [0.15, 0.2) is 0 Å². The fraction of sp³-hybridized carbons (Fsp3) is 0.444. The van der Waals surface area contributed by atoms with Crippen molar-refractivity contribution in [3.63, 3.8) is 0 Å². The molecule has 4 heterocycles. The molecule has 2 aliphatic heterocycles. The molecule has 0 aromatic carbocycles. The Balaban J connectivity index is 1.46. The van der Waals surface area contributed by atoms with Gasteiger partial charge >= 0.3 is 0 Å². The first-order valence-corrected chi connectivity index (χ1v) is 8.53. The van der Waals surface area contributed by atoms with Crippen LogP contribution in [-0.2, 0) is 11.3 Å². The predicted octanol–water partition coefficient (Wildman–Crippen LogP) is 1.37. The third kappa shape index (κ3) is 3.14. The fourth-order valence-electron chi connectivity index (χ4n) is 3.78. The highest BCUT2D eigenvalue weighted by Crippen LogP contribution is 2.35. The number of hydrogen-bond acceptors (Lipinski definition) is 6. The lowest BCUT2D eigenvalue weighted by atomic mass is 9.88. The van der Waals surface area contributed by atoms with Gasteiger partial charge in [0.2, 0.25) is 11.8 Å². The van der Waals surface area contributed by atoms with Crippen molar-refractivity contribution in [2.24, 2.45) is 11.8 Å². The molecule has 2 aromatic rings. The number of hydrogen-bond donors (Lipinski definition) is 0. The van der Waals surface area contributed by atoms with Gasteiger partial charge in [-0.25, -0.2) is 9.97 Å². The van der Waals surface area contributed by atoms with E-state index in [1.54, 1.807) is 19.5 Å². The van der Waals surface area contributed by atoms with Gasteiger partial charge in [0, 0.05) is 44.6 Å². The molecular weight excluding hydrogens is 318 g/mol. The van der Waals surface area contributed by atoms with Crippen LogP contribution in [0, 0.1) is 11.8 Å². The standard InChI is InChI=1S/C18H21N5O2/c1-25-17-8-16(20-12-21-17)23-10-14-4-7-22(18(24)15(14)11-23)9-13-2-5-19-6-3-13/h2-3,5-6,8,12,14-15H,4,7,9-11H2,1H3/t14-,15+/m1/s1. The molecule has 0 saturated carbocycles. The minimum absolute atomic E-state index is 0.0385. The van der Waals surface area contributed by atoms with Gasteiger partial charge in [-0.3, -0.25) is 9.78 Å². The summed E-state index contributed by atoms with van der Waals surface area (Å²) in [7, 11) is 1.59. The van der Waals surface area contributed by atoms with Gasteiger partial charge in [-0.15, -0.1) is 0 Å². The molecule has 0 unspecified atom stereocenters. The fourth-order valence-corrected chi connectivity index (χ4v) is 3.78. The Bertz CT molecular complexity index is 754. The minimum Gasteiger partial charge on any atom is -0.481 e. The van der Waals surface area contributed by atoms with Gasteiger partial charge in [-0.05, 0) is 30.0 Å². The van der Waals surface area contributed by atoms with E-state index in [-0.39, 0.29) is 11.8 Å². The number of anilines is 1. The molecule has 0 N–H and O–H groups in total. The van der Waals surface area contributed by atoms with E-state index in [1.165, 1.54) is 6.33 Å². The SMILES string of the molecule is COc1cc(N2C[C@H]3CCN(Cc4ccncc4)C(=O)[C@H]3C2)ncn1. The number of rotatable bonds is 4. The van der Waals surface area contributed by atoms with E-state index in [9.17, 15) is 4.79 Å². The van der Waals surface area contributed by atoms with Crippen LogP contribution in [0.5, 0.6) is 5.88 Å². The minimum atomic E-state index is 0.0385. The van der Waals surface area contributed by atoms with E-state index in [2.05, 4.69) is 19.9 Å². The lowest BCUT2D eigenvalue weighted by Crippen LogP contribution is -2.44. The lowest BCUT2D eigenvalue weighted by Gasteiger charge is -2.33. The maximum atomic E-state index is 12.9. The molecule has 0 aliphatic carbocycles. The second-order valence-electron chi connectivity index (χ2n) is 6.59. The number of likely N-dealkylation sites (tertiary alicyclic amines) is 1. The maximum Gasteiger partial charge on any atom is 0.228 e. The average molecular weight is 339 g/mol. The number of carbonyl (C=O) groups excluding carboxylic acids is 1. The molecular formula is C18H21N5O2. The number of pyridine rings is 1. The van der Waals surface area contributed by atoms with Crippen LogP contribution in [0.4, 0.5) is 5.82 Å². The number of nitrogens with zero attached hydrogens (tertiary/aromatic N) is 5. The summed E-state index contributed by atoms with van der Waals surface area (Å²) >= 11 is 0. The number of piperidine rings is 1. The summed E-state index contributed by atoms with van der Waals surface area (Å²) in [5.74, 6) is 2.05. The van der Waals surface area contributed by atoms with E-state index >= 15 is 0 Å². The van der Waals surface area contributed by atoms with Crippen LogP contribution in [0.2, 0.25) is 0 Å². The first-order valence-electron chi connectivity index (χ1n) is 8.53. The van der Waals surface area contributed by atoms with Crippen LogP contribution in [0.15, 0.2) is 36.9 Å². The Morgan fingerprint density at radius 3 is 2.88 bits per heavy atom. The number of fused-ring (bicyclic) bond motifs is 1. The van der Waals surface area contributed by atoms with Gasteiger partial charge in [0.1, 0.15) is 12.1 Å². The van der Waals surface area contributed by atoms with Crippen molar-refractivity contribution in [2.75, 3.05) is 31.6 Å². The van der Waals surface area contributed by atoms with Gasteiger partial charge in [0.05, 0.1) is 13.0 Å². The molecule has 1 amide bonds. The van der Waals surface area contributed by atoms with Crippen LogP contribution in [0.1, 0.15) is 12.0 Å². The van der Waals surface area contributed by atoms with Crippen LogP contribution < -0.4 is 9.64 Å². The highest BCUT2D eigenvalue weighted by molar-refractivity contribution is 5.81. The Kier molecular flexibility index (Phi) is 4.21. The number of carbonyl (C=O) groups is 1. The molecule has 130 valence electrons. The van der Waals surface area contributed by atoms with Crippen molar-refractivity contribution in [3.05, 3.63) is 42.5 Å². The quantitative estimate of drug-likeness (QED) is 0.838. The van der Waals surface area contributed by atoms with Gasteiger partial charge in [-0.1, -0.05) is 0 Å². The van der Waals surface area contributed by atoms with Gasteiger partial charge < -0.3 is 14.5 Å². The summed E-state index contributed by atoms with van der Waals surface area (Å²) in [5.41, 5.74) is 1.12. The number of methoxy groups -OCH3 is 1. The van der Waals surface area contributed by atoms with Crippen molar-refractivity contribution < 1.29 is 9.53 Å². The monoisotopic (exact) mass is 339 g/mol. The summed E-state index contributed by atoms with van der Waals surface area (Å²) in [4.78, 5) is 29.5. The second kappa shape index (κ2) is 6.66. The largest absolute Gasteiger partial charge is 0.481 e. The zero-order chi connectivity index (χ0) is 17.2. The average Bonchev–Trinajstić information content (AvgIpc) is 3.10. The first-order chi connectivity index (χ1) is 12.2. The van der Waals surface area contributed by atoms with E-state index in [0.717, 1.165) is 30.9 Å². The summed E-state index contributed by atoms with van der Waals surface area (Å²) in [5, 5.41) is 0. The molecule has 7 heteroatoms. The number of aromatic nitrogens is 3. The summed E-state index contributed by atoms with van der Waals surface area (Å²) in [6.07, 6.45) is 6.08. The molecule has 2 aromatic heterocycles. The topological polar surface area (TPSA) is 71.5 Å². The van der Waals surface area contributed by atoms with Gasteiger partial charge in [-0.2, -0.15) is 0 Å². The number of ether oxygens (including phenoxy) is 1. The molecule has 2 saturated heterocycles. The van der Waals surface area contributed by atoms with Crippen molar-refractivity contribution in [2.45, 2.75) is 13.0 Å². The Labute approximate surface area is 146 Å². The molecule has 2 fully saturated rings. The molecule has 2 aliphatic rings. The maximum absolute atomic E-state index is 12.9. The van der Waals surface area contributed by atoms with Crippen LogP contribution in [0.3, 0.4) is 0 Å². The summed E-state index contributed by atoms with van der Waals surface area (Å²) < 4.78 is 5.18. The summed E-state index contributed by atoms with van der Waals surface area (Å²) in [6, 6.07) is 5.76. The highest BCUT2D eigenvalue weighted by atomic mass is 16.5. The molecule has 0 radical (unpaired) electrons. The molecule has 0 spiro atoms. The molecule has 0 bridgehead atoms. The van der Waals surface area contributed by atoms with Crippen LogP contribution in [0.25, 0.3) is 0 Å². The van der Waals surface area contributed by atoms with Crippen molar-refractivity contribution in [3.8, 4) is 5.88 Å². The Hall–Kier alpha value is -2.70. The van der Waals surface area contributed by atoms with Gasteiger partial charge in [0.25, 0.3) is 0 Å². The van der Waals surface area contributed by atoms with E-state index in [4.69, 9.17) is 4.74 Å². The Morgan fingerprint density at radius 1 is 1.24 bits per heavy atom. The van der Waals surface area contributed by atoms with Crippen molar-refractivity contribution >= 4 is 11.7 Å². The molecule has 2 atom stereocenters. The normalized spacial score (nSPS) is 22.8. The van der Waals surface area contributed by atoms with Crippen LogP contribution in [-0.4, -0.2) is 52.5 Å². The molecule has 25 heavy (non-hydrogen) atoms.